The van der Waals surface area contributed by atoms with E-state index < -0.39 is 5.97 Å². The molecule has 0 amide bonds. The molecule has 1 aliphatic heterocycles. The zero-order valence-corrected chi connectivity index (χ0v) is 9.09. The number of carboxylic acid groups (broad SMARTS) is 1. The average molecular weight is 227 g/mol. The van der Waals surface area contributed by atoms with Crippen LogP contribution in [0.2, 0.25) is 0 Å². The average Bonchev–Trinajstić information content (AvgIpc) is 2.67. The van der Waals surface area contributed by atoms with Crippen molar-refractivity contribution in [1.29, 1.82) is 0 Å². The lowest BCUT2D eigenvalue weighted by atomic mass is 10.3. The van der Waals surface area contributed by atoms with Crippen molar-refractivity contribution in [2.45, 2.75) is 6.54 Å². The van der Waals surface area contributed by atoms with Gasteiger partial charge >= 0.3 is 5.97 Å². The van der Waals surface area contributed by atoms with E-state index in [1.54, 1.807) is 5.51 Å². The van der Waals surface area contributed by atoms with Crippen molar-refractivity contribution in [2.24, 2.45) is 0 Å². The SMILES string of the molecule is O=C(O)c1ncsc1CN1CCNCC1. The van der Waals surface area contributed by atoms with E-state index in [1.807, 2.05) is 0 Å². The number of carboxylic acids is 1. The number of aromatic nitrogens is 1. The van der Waals surface area contributed by atoms with E-state index in [0.29, 0.717) is 6.54 Å². The number of hydrogen-bond donors (Lipinski definition) is 2. The van der Waals surface area contributed by atoms with Crippen LogP contribution in [0.25, 0.3) is 0 Å². The Labute approximate surface area is 91.7 Å². The fourth-order valence-corrected chi connectivity index (χ4v) is 2.42. The third kappa shape index (κ3) is 2.53. The number of carbonyl (C=O) groups is 1. The highest BCUT2D eigenvalue weighted by atomic mass is 32.1. The fourth-order valence-electron chi connectivity index (χ4n) is 1.63. The molecule has 0 radical (unpaired) electrons. The molecule has 0 aliphatic carbocycles. The molecule has 5 nitrogen and oxygen atoms in total. The summed E-state index contributed by atoms with van der Waals surface area (Å²) in [5.41, 5.74) is 1.81. The summed E-state index contributed by atoms with van der Waals surface area (Å²) in [5.74, 6) is -0.929. The third-order valence-corrected chi connectivity index (χ3v) is 3.24. The van der Waals surface area contributed by atoms with Crippen LogP contribution >= 0.6 is 11.3 Å². The number of rotatable bonds is 3. The molecule has 2 rings (SSSR count). The van der Waals surface area contributed by atoms with Crippen LogP contribution in [0.3, 0.4) is 0 Å². The van der Waals surface area contributed by atoms with E-state index in [2.05, 4.69) is 15.2 Å². The van der Waals surface area contributed by atoms with E-state index in [0.717, 1.165) is 31.1 Å². The summed E-state index contributed by atoms with van der Waals surface area (Å²) in [6.45, 7) is 4.59. The molecule has 1 aliphatic rings. The quantitative estimate of drug-likeness (QED) is 0.774. The van der Waals surface area contributed by atoms with Gasteiger partial charge in [-0.25, -0.2) is 9.78 Å². The predicted octanol–water partition coefficient (Wildman–Crippen LogP) is 0.246. The van der Waals surface area contributed by atoms with Gasteiger partial charge in [0.1, 0.15) is 0 Å². The molecular weight excluding hydrogens is 214 g/mol. The van der Waals surface area contributed by atoms with Gasteiger partial charge in [0, 0.05) is 32.7 Å². The molecule has 0 unspecified atom stereocenters. The molecule has 0 bridgehead atoms. The van der Waals surface area contributed by atoms with E-state index in [-0.39, 0.29) is 5.69 Å². The molecular formula is C9H13N3O2S. The standard InChI is InChI=1S/C9H13N3O2S/c13-9(14)8-7(15-6-11-8)5-12-3-1-10-2-4-12/h6,10H,1-5H2,(H,13,14). The van der Waals surface area contributed by atoms with Gasteiger partial charge in [-0.3, -0.25) is 4.90 Å². The van der Waals surface area contributed by atoms with Crippen LogP contribution in [-0.2, 0) is 6.54 Å². The molecule has 0 atom stereocenters. The smallest absolute Gasteiger partial charge is 0.355 e. The van der Waals surface area contributed by atoms with Gasteiger partial charge in [-0.05, 0) is 0 Å². The highest BCUT2D eigenvalue weighted by Gasteiger charge is 2.17. The molecule has 0 saturated carbocycles. The van der Waals surface area contributed by atoms with Gasteiger partial charge in [-0.1, -0.05) is 0 Å². The van der Waals surface area contributed by atoms with Crippen LogP contribution in [0.4, 0.5) is 0 Å². The third-order valence-electron chi connectivity index (χ3n) is 2.42. The van der Waals surface area contributed by atoms with Crippen molar-refractivity contribution in [3.8, 4) is 0 Å². The second kappa shape index (κ2) is 4.69. The zero-order chi connectivity index (χ0) is 10.7. The van der Waals surface area contributed by atoms with E-state index in [1.165, 1.54) is 11.3 Å². The van der Waals surface area contributed by atoms with Crippen molar-refractivity contribution in [1.82, 2.24) is 15.2 Å². The Kier molecular flexibility index (Phi) is 3.30. The summed E-state index contributed by atoms with van der Waals surface area (Å²) in [6, 6.07) is 0. The van der Waals surface area contributed by atoms with Crippen LogP contribution < -0.4 is 5.32 Å². The Morgan fingerprint density at radius 1 is 1.60 bits per heavy atom. The van der Waals surface area contributed by atoms with Gasteiger partial charge in [0.2, 0.25) is 0 Å². The van der Waals surface area contributed by atoms with Crippen molar-refractivity contribution < 1.29 is 9.90 Å². The molecule has 82 valence electrons. The molecule has 0 spiro atoms. The second-order valence-electron chi connectivity index (χ2n) is 3.46. The van der Waals surface area contributed by atoms with Gasteiger partial charge in [-0.2, -0.15) is 0 Å². The summed E-state index contributed by atoms with van der Waals surface area (Å²) in [6.07, 6.45) is 0. The predicted molar refractivity (Wildman–Crippen MR) is 57.2 cm³/mol. The first-order valence-corrected chi connectivity index (χ1v) is 5.74. The van der Waals surface area contributed by atoms with Gasteiger partial charge < -0.3 is 10.4 Å². The summed E-state index contributed by atoms with van der Waals surface area (Å²) in [4.78, 5) is 17.8. The number of aromatic carboxylic acids is 1. The maximum Gasteiger partial charge on any atom is 0.355 e. The normalized spacial score (nSPS) is 17.9. The topological polar surface area (TPSA) is 65.5 Å². The van der Waals surface area contributed by atoms with Crippen LogP contribution in [-0.4, -0.2) is 47.1 Å². The molecule has 2 N–H and O–H groups in total. The van der Waals surface area contributed by atoms with Crippen LogP contribution in [0.1, 0.15) is 15.4 Å². The Bertz CT molecular complexity index is 347. The number of piperazine rings is 1. The van der Waals surface area contributed by atoms with Crippen LogP contribution in [0.15, 0.2) is 5.51 Å². The minimum Gasteiger partial charge on any atom is -0.476 e. The minimum absolute atomic E-state index is 0.207. The van der Waals surface area contributed by atoms with Crippen molar-refractivity contribution >= 4 is 17.3 Å². The molecule has 1 fully saturated rings. The zero-order valence-electron chi connectivity index (χ0n) is 8.27. The molecule has 1 saturated heterocycles. The van der Waals surface area contributed by atoms with Crippen LogP contribution in [0.5, 0.6) is 0 Å². The molecule has 2 heterocycles. The Balaban J connectivity index is 2.03. The highest BCUT2D eigenvalue weighted by molar-refractivity contribution is 7.09. The summed E-state index contributed by atoms with van der Waals surface area (Å²) in [5, 5.41) is 12.2. The molecule has 1 aromatic rings. The first-order chi connectivity index (χ1) is 7.27. The highest BCUT2D eigenvalue weighted by Crippen LogP contribution is 2.16. The Hall–Kier alpha value is -0.980. The fraction of sp³-hybridized carbons (Fsp3) is 0.556. The Morgan fingerprint density at radius 2 is 2.33 bits per heavy atom. The lowest BCUT2D eigenvalue weighted by Gasteiger charge is -2.26. The molecule has 6 heteroatoms. The van der Waals surface area contributed by atoms with Gasteiger partial charge in [-0.15, -0.1) is 11.3 Å². The van der Waals surface area contributed by atoms with E-state index in [9.17, 15) is 4.79 Å². The maximum absolute atomic E-state index is 10.8. The minimum atomic E-state index is -0.929. The first kappa shape index (κ1) is 10.5. The number of thiazole rings is 1. The molecule has 1 aromatic heterocycles. The maximum atomic E-state index is 10.8. The molecule has 0 aromatic carbocycles. The lowest BCUT2D eigenvalue weighted by Crippen LogP contribution is -2.42. The number of nitrogens with one attached hydrogen (secondary N) is 1. The summed E-state index contributed by atoms with van der Waals surface area (Å²) >= 11 is 1.42. The number of hydrogen-bond acceptors (Lipinski definition) is 5. The lowest BCUT2D eigenvalue weighted by molar-refractivity contribution is 0.0689. The van der Waals surface area contributed by atoms with Gasteiger partial charge in [0.25, 0.3) is 0 Å². The van der Waals surface area contributed by atoms with Gasteiger partial charge in [0.15, 0.2) is 5.69 Å². The van der Waals surface area contributed by atoms with Crippen molar-refractivity contribution in [2.75, 3.05) is 26.2 Å². The monoisotopic (exact) mass is 227 g/mol. The summed E-state index contributed by atoms with van der Waals surface area (Å²) < 4.78 is 0. The largest absolute Gasteiger partial charge is 0.476 e. The summed E-state index contributed by atoms with van der Waals surface area (Å²) in [7, 11) is 0. The second-order valence-corrected chi connectivity index (χ2v) is 4.39. The van der Waals surface area contributed by atoms with Crippen LogP contribution in [0, 0.1) is 0 Å². The van der Waals surface area contributed by atoms with Crippen molar-refractivity contribution in [3.63, 3.8) is 0 Å². The van der Waals surface area contributed by atoms with Gasteiger partial charge in [0.05, 0.1) is 10.4 Å². The first-order valence-electron chi connectivity index (χ1n) is 4.86. The van der Waals surface area contributed by atoms with E-state index in [4.69, 9.17) is 5.11 Å². The van der Waals surface area contributed by atoms with Crippen molar-refractivity contribution in [3.05, 3.63) is 16.1 Å². The number of nitrogens with zero attached hydrogens (tertiary/aromatic N) is 2. The molecule has 15 heavy (non-hydrogen) atoms. The van der Waals surface area contributed by atoms with E-state index >= 15 is 0 Å². The Morgan fingerprint density at radius 3 is 3.00 bits per heavy atom.